The molecule has 2 aromatic rings. The second-order valence-electron chi connectivity index (χ2n) is 5.50. The molecule has 3 heterocycles. The van der Waals surface area contributed by atoms with Crippen LogP contribution in [0.5, 0.6) is 0 Å². The molecule has 5 N–H and O–H groups in total. The smallest absolute Gasteiger partial charge is 0.111 e. The summed E-state index contributed by atoms with van der Waals surface area (Å²) in [5.41, 5.74) is 16.8. The first kappa shape index (κ1) is 12.9. The van der Waals surface area contributed by atoms with Gasteiger partial charge in [-0.25, -0.2) is 15.8 Å². The minimum atomic E-state index is 0.0987. The van der Waals surface area contributed by atoms with E-state index in [1.54, 1.807) is 6.33 Å². The Balaban J connectivity index is 1.41. The number of nitrogens with one attached hydrogen (secondary N) is 5. The number of fused-ring (bicyclic) bond motifs is 1. The predicted octanol–water partition coefficient (Wildman–Crippen LogP) is 0.0836. The summed E-state index contributed by atoms with van der Waals surface area (Å²) in [5.74, 6) is 0. The van der Waals surface area contributed by atoms with Crippen molar-refractivity contribution in [1.29, 1.82) is 0 Å². The minimum absolute atomic E-state index is 0.0987. The number of aromatic amines is 1. The summed E-state index contributed by atoms with van der Waals surface area (Å²) in [6, 6.07) is 8.69. The normalized spacial score (nSPS) is 19.8. The molecule has 1 saturated heterocycles. The van der Waals surface area contributed by atoms with Crippen molar-refractivity contribution in [2.24, 2.45) is 0 Å². The Morgan fingerprint density at radius 2 is 1.95 bits per heavy atom. The molecule has 1 fully saturated rings. The molecule has 21 heavy (non-hydrogen) atoms. The highest BCUT2D eigenvalue weighted by atomic mass is 15.8. The van der Waals surface area contributed by atoms with Gasteiger partial charge in [0.2, 0.25) is 0 Å². The summed E-state index contributed by atoms with van der Waals surface area (Å²) >= 11 is 0. The van der Waals surface area contributed by atoms with Gasteiger partial charge in [-0.1, -0.05) is 24.3 Å². The van der Waals surface area contributed by atoms with Crippen LogP contribution in [-0.4, -0.2) is 21.4 Å². The van der Waals surface area contributed by atoms with Gasteiger partial charge in [0, 0.05) is 26.1 Å². The van der Waals surface area contributed by atoms with Gasteiger partial charge in [0.05, 0.1) is 17.7 Å². The summed E-state index contributed by atoms with van der Waals surface area (Å²) in [5, 5.41) is 0. The van der Waals surface area contributed by atoms with Crippen LogP contribution in [0.15, 0.2) is 30.6 Å². The molecular weight excluding hydrogens is 266 g/mol. The Hall–Kier alpha value is -1.77. The van der Waals surface area contributed by atoms with Gasteiger partial charge in [-0.05, 0) is 11.1 Å². The van der Waals surface area contributed by atoms with E-state index in [1.807, 2.05) is 0 Å². The molecule has 0 bridgehead atoms. The van der Waals surface area contributed by atoms with E-state index < -0.39 is 0 Å². The van der Waals surface area contributed by atoms with Crippen LogP contribution in [0.2, 0.25) is 0 Å². The van der Waals surface area contributed by atoms with Gasteiger partial charge in [-0.3, -0.25) is 4.90 Å². The van der Waals surface area contributed by atoms with Crippen LogP contribution in [-0.2, 0) is 19.5 Å². The van der Waals surface area contributed by atoms with Crippen LogP contribution in [0.1, 0.15) is 28.7 Å². The van der Waals surface area contributed by atoms with Crippen LogP contribution in [0.4, 0.5) is 0 Å². The fourth-order valence-corrected chi connectivity index (χ4v) is 2.90. The monoisotopic (exact) mass is 285 g/mol. The lowest BCUT2D eigenvalue weighted by Gasteiger charge is -2.26. The second kappa shape index (κ2) is 5.55. The lowest BCUT2D eigenvalue weighted by molar-refractivity contribution is 0.241. The maximum atomic E-state index is 4.35. The third-order valence-corrected chi connectivity index (χ3v) is 4.07. The summed E-state index contributed by atoms with van der Waals surface area (Å²) < 4.78 is 0. The molecule has 2 aliphatic heterocycles. The van der Waals surface area contributed by atoms with E-state index in [9.17, 15) is 0 Å². The average molecular weight is 285 g/mol. The van der Waals surface area contributed by atoms with E-state index in [0.29, 0.717) is 0 Å². The SMILES string of the molecule is c1nc2c([nH]1)CN(Cc1ccc(C3NNNN3)cc1)CC2. The Bertz CT molecular complexity index is 600. The van der Waals surface area contributed by atoms with Crippen molar-refractivity contribution in [2.75, 3.05) is 6.54 Å². The molecule has 7 heteroatoms. The van der Waals surface area contributed by atoms with Gasteiger partial charge in [-0.15, -0.1) is 0 Å². The van der Waals surface area contributed by atoms with Crippen LogP contribution >= 0.6 is 0 Å². The highest BCUT2D eigenvalue weighted by Crippen LogP contribution is 2.18. The maximum Gasteiger partial charge on any atom is 0.111 e. The molecule has 0 unspecified atom stereocenters. The van der Waals surface area contributed by atoms with Gasteiger partial charge < -0.3 is 4.98 Å². The first-order valence-corrected chi connectivity index (χ1v) is 7.22. The van der Waals surface area contributed by atoms with Crippen molar-refractivity contribution in [3.05, 3.63) is 53.1 Å². The Morgan fingerprint density at radius 3 is 2.76 bits per heavy atom. The predicted molar refractivity (Wildman–Crippen MR) is 78.1 cm³/mol. The minimum Gasteiger partial charge on any atom is -0.347 e. The Morgan fingerprint density at radius 1 is 1.14 bits per heavy atom. The molecule has 110 valence electrons. The van der Waals surface area contributed by atoms with Gasteiger partial charge in [0.1, 0.15) is 6.17 Å². The summed E-state index contributed by atoms with van der Waals surface area (Å²) in [7, 11) is 0. The van der Waals surface area contributed by atoms with Gasteiger partial charge in [-0.2, -0.15) is 11.1 Å². The number of hydrogen-bond acceptors (Lipinski definition) is 6. The number of benzene rings is 1. The topological polar surface area (TPSA) is 80.0 Å². The van der Waals surface area contributed by atoms with Crippen LogP contribution in [0.3, 0.4) is 0 Å². The number of imidazole rings is 1. The summed E-state index contributed by atoms with van der Waals surface area (Å²) in [4.78, 5) is 10.0. The molecule has 1 aromatic heterocycles. The highest BCUT2D eigenvalue weighted by molar-refractivity contribution is 5.25. The van der Waals surface area contributed by atoms with Crippen LogP contribution < -0.4 is 21.9 Å². The van der Waals surface area contributed by atoms with E-state index in [0.717, 1.165) is 26.1 Å². The molecular formula is C14H19N7. The van der Waals surface area contributed by atoms with E-state index in [-0.39, 0.29) is 6.17 Å². The number of hydrazine groups is 3. The van der Waals surface area contributed by atoms with Crippen molar-refractivity contribution in [2.45, 2.75) is 25.7 Å². The first-order chi connectivity index (χ1) is 10.4. The summed E-state index contributed by atoms with van der Waals surface area (Å²) in [6.45, 7) is 3.00. The third-order valence-electron chi connectivity index (χ3n) is 4.07. The summed E-state index contributed by atoms with van der Waals surface area (Å²) in [6.07, 6.45) is 2.93. The number of H-pyrrole nitrogens is 1. The lowest BCUT2D eigenvalue weighted by atomic mass is 10.1. The molecule has 0 aliphatic carbocycles. The molecule has 0 amide bonds. The number of nitrogens with zero attached hydrogens (tertiary/aromatic N) is 2. The molecule has 0 saturated carbocycles. The quantitative estimate of drug-likeness (QED) is 0.550. The van der Waals surface area contributed by atoms with Crippen molar-refractivity contribution >= 4 is 0 Å². The van der Waals surface area contributed by atoms with Crippen LogP contribution in [0, 0.1) is 0 Å². The fourth-order valence-electron chi connectivity index (χ4n) is 2.90. The molecule has 0 atom stereocenters. The Kier molecular flexibility index (Phi) is 3.42. The average Bonchev–Trinajstić information content (AvgIpc) is 3.19. The van der Waals surface area contributed by atoms with Gasteiger partial charge in [0.15, 0.2) is 0 Å². The van der Waals surface area contributed by atoms with Gasteiger partial charge >= 0.3 is 0 Å². The van der Waals surface area contributed by atoms with Gasteiger partial charge in [0.25, 0.3) is 0 Å². The maximum absolute atomic E-state index is 4.35. The lowest BCUT2D eigenvalue weighted by Crippen LogP contribution is -2.33. The number of hydrogen-bond donors (Lipinski definition) is 5. The zero-order valence-corrected chi connectivity index (χ0v) is 11.7. The highest BCUT2D eigenvalue weighted by Gasteiger charge is 2.18. The third kappa shape index (κ3) is 2.69. The molecule has 7 nitrogen and oxygen atoms in total. The second-order valence-corrected chi connectivity index (χ2v) is 5.50. The first-order valence-electron chi connectivity index (χ1n) is 7.22. The van der Waals surface area contributed by atoms with Crippen LogP contribution in [0.25, 0.3) is 0 Å². The molecule has 1 aromatic carbocycles. The zero-order valence-electron chi connectivity index (χ0n) is 11.7. The van der Waals surface area contributed by atoms with E-state index >= 15 is 0 Å². The van der Waals surface area contributed by atoms with E-state index in [4.69, 9.17) is 0 Å². The number of aromatic nitrogens is 2. The van der Waals surface area contributed by atoms with Crippen molar-refractivity contribution in [3.63, 3.8) is 0 Å². The molecule has 0 radical (unpaired) electrons. The molecule has 0 spiro atoms. The van der Waals surface area contributed by atoms with Crippen molar-refractivity contribution in [1.82, 2.24) is 36.8 Å². The molecule has 2 aliphatic rings. The largest absolute Gasteiger partial charge is 0.347 e. The van der Waals surface area contributed by atoms with E-state index in [2.05, 4.69) is 61.1 Å². The van der Waals surface area contributed by atoms with E-state index in [1.165, 1.54) is 22.5 Å². The standard InChI is InChI=1S/C14H19N7/c1-3-11(14-17-19-20-18-14)4-2-10(1)7-21-6-5-12-13(8-21)16-9-15-12/h1-4,9,14,17-20H,5-8H2,(H,15,16). The molecule has 4 rings (SSSR count). The van der Waals surface area contributed by atoms with Crippen molar-refractivity contribution < 1.29 is 0 Å². The Labute approximate surface area is 123 Å². The zero-order chi connectivity index (χ0) is 14.1. The number of rotatable bonds is 3. The fraction of sp³-hybridized carbons (Fsp3) is 0.357. The van der Waals surface area contributed by atoms with Crippen molar-refractivity contribution in [3.8, 4) is 0 Å².